The molecule has 6 heteroatoms. The summed E-state index contributed by atoms with van der Waals surface area (Å²) in [5.41, 5.74) is 0.519. The van der Waals surface area contributed by atoms with Crippen LogP contribution in [0.4, 0.5) is 0 Å². The first kappa shape index (κ1) is 15.0. The van der Waals surface area contributed by atoms with Gasteiger partial charge in [-0.2, -0.15) is 0 Å². The molecule has 2 heterocycles. The molecule has 1 N–H and O–H groups in total. The van der Waals surface area contributed by atoms with Crippen LogP contribution in [0.1, 0.15) is 30.2 Å². The van der Waals surface area contributed by atoms with Crippen molar-refractivity contribution in [2.24, 2.45) is 0 Å². The maximum atomic E-state index is 12.4. The molecule has 0 atom stereocenters. The van der Waals surface area contributed by atoms with Crippen LogP contribution in [0.25, 0.3) is 10.9 Å². The molecule has 23 heavy (non-hydrogen) atoms. The zero-order valence-corrected chi connectivity index (χ0v) is 12.9. The number of hydrogen-bond acceptors (Lipinski definition) is 4. The van der Waals surface area contributed by atoms with Crippen LogP contribution in [0.15, 0.2) is 51.9 Å². The van der Waals surface area contributed by atoms with Gasteiger partial charge in [0.2, 0.25) is 0 Å². The van der Waals surface area contributed by atoms with Crippen molar-refractivity contribution in [3.05, 3.63) is 64.6 Å². The summed E-state index contributed by atoms with van der Waals surface area (Å²) in [6, 6.07) is 10.5. The predicted molar refractivity (Wildman–Crippen MR) is 86.4 cm³/mol. The third-order valence-corrected chi connectivity index (χ3v) is 3.36. The maximum absolute atomic E-state index is 12.4. The molecule has 0 bridgehead atoms. The van der Waals surface area contributed by atoms with Crippen LogP contribution in [-0.2, 0) is 6.54 Å². The van der Waals surface area contributed by atoms with Gasteiger partial charge in [-0.05, 0) is 38.1 Å². The lowest BCUT2D eigenvalue weighted by Crippen LogP contribution is -2.29. The molecule has 118 valence electrons. The second-order valence-corrected chi connectivity index (χ2v) is 5.59. The molecule has 0 aliphatic heterocycles. The van der Waals surface area contributed by atoms with E-state index in [0.717, 1.165) is 0 Å². The van der Waals surface area contributed by atoms with E-state index in [4.69, 9.17) is 4.42 Å². The van der Waals surface area contributed by atoms with Gasteiger partial charge in [-0.25, -0.2) is 4.98 Å². The van der Waals surface area contributed by atoms with E-state index in [0.29, 0.717) is 16.7 Å². The van der Waals surface area contributed by atoms with Crippen LogP contribution in [-0.4, -0.2) is 21.5 Å². The Morgan fingerprint density at radius 2 is 2.04 bits per heavy atom. The van der Waals surface area contributed by atoms with Gasteiger partial charge in [0.15, 0.2) is 5.76 Å². The molecular formula is C17H17N3O3. The molecule has 1 amide bonds. The molecule has 3 rings (SSSR count). The smallest absolute Gasteiger partial charge is 0.287 e. The van der Waals surface area contributed by atoms with Gasteiger partial charge in [0.25, 0.3) is 11.5 Å². The Morgan fingerprint density at radius 3 is 2.83 bits per heavy atom. The highest BCUT2D eigenvalue weighted by Gasteiger charge is 2.13. The average Bonchev–Trinajstić information content (AvgIpc) is 2.98. The van der Waals surface area contributed by atoms with E-state index in [1.807, 2.05) is 19.9 Å². The molecule has 2 aromatic heterocycles. The van der Waals surface area contributed by atoms with Gasteiger partial charge in [-0.3, -0.25) is 14.2 Å². The number of carbonyl (C=O) groups excluding carboxylic acids is 1. The van der Waals surface area contributed by atoms with E-state index in [-0.39, 0.29) is 29.8 Å². The van der Waals surface area contributed by atoms with Crippen LogP contribution < -0.4 is 10.9 Å². The third kappa shape index (κ3) is 3.15. The topological polar surface area (TPSA) is 77.1 Å². The van der Waals surface area contributed by atoms with Gasteiger partial charge in [0.1, 0.15) is 5.76 Å². The number of aromatic nitrogens is 2. The molecule has 0 aliphatic carbocycles. The Labute approximate surface area is 132 Å². The lowest BCUT2D eigenvalue weighted by atomic mass is 10.2. The molecule has 1 aromatic carbocycles. The molecule has 0 saturated carbocycles. The fourth-order valence-electron chi connectivity index (χ4n) is 2.30. The molecule has 0 radical (unpaired) electrons. The minimum atomic E-state index is -0.268. The molecule has 0 spiro atoms. The second-order valence-electron chi connectivity index (χ2n) is 5.59. The third-order valence-electron chi connectivity index (χ3n) is 3.36. The van der Waals surface area contributed by atoms with E-state index in [1.165, 1.54) is 10.9 Å². The summed E-state index contributed by atoms with van der Waals surface area (Å²) in [6.07, 6.45) is 1.49. The van der Waals surface area contributed by atoms with E-state index in [1.54, 1.807) is 30.3 Å². The van der Waals surface area contributed by atoms with Crippen molar-refractivity contribution in [2.45, 2.75) is 26.4 Å². The Morgan fingerprint density at radius 1 is 1.26 bits per heavy atom. The monoisotopic (exact) mass is 311 g/mol. The summed E-state index contributed by atoms with van der Waals surface area (Å²) >= 11 is 0. The Bertz CT molecular complexity index is 909. The summed E-state index contributed by atoms with van der Waals surface area (Å²) < 4.78 is 6.98. The minimum Gasteiger partial charge on any atom is -0.454 e. The van der Waals surface area contributed by atoms with Crippen molar-refractivity contribution in [1.29, 1.82) is 0 Å². The number of hydrogen-bond donors (Lipinski definition) is 1. The summed E-state index contributed by atoms with van der Waals surface area (Å²) in [6.45, 7) is 3.98. The highest BCUT2D eigenvalue weighted by molar-refractivity contribution is 5.91. The summed E-state index contributed by atoms with van der Waals surface area (Å²) in [4.78, 5) is 28.6. The predicted octanol–water partition coefficient (Wildman–Crippen LogP) is 2.18. The quantitative estimate of drug-likeness (QED) is 0.801. The molecule has 3 aromatic rings. The lowest BCUT2D eigenvalue weighted by molar-refractivity contribution is 0.0913. The number of rotatable bonds is 4. The van der Waals surface area contributed by atoms with E-state index in [2.05, 4.69) is 10.3 Å². The molecule has 0 aliphatic rings. The molecule has 0 saturated heterocycles. The number of para-hydroxylation sites is 1. The Hall–Kier alpha value is -2.89. The fraction of sp³-hybridized carbons (Fsp3) is 0.235. The number of furan rings is 1. The Balaban J connectivity index is 1.86. The van der Waals surface area contributed by atoms with E-state index < -0.39 is 0 Å². The van der Waals surface area contributed by atoms with Gasteiger partial charge in [0.05, 0.1) is 23.8 Å². The molecule has 0 fully saturated rings. The van der Waals surface area contributed by atoms with Crippen molar-refractivity contribution in [3.63, 3.8) is 0 Å². The lowest BCUT2D eigenvalue weighted by Gasteiger charge is -2.06. The van der Waals surface area contributed by atoms with Gasteiger partial charge in [-0.15, -0.1) is 0 Å². The largest absolute Gasteiger partial charge is 0.454 e. The maximum Gasteiger partial charge on any atom is 0.287 e. The SMILES string of the molecule is CC(C)NC(=O)c1ccc(Cn2cnc3ccccc3c2=O)o1. The van der Waals surface area contributed by atoms with Crippen LogP contribution in [0.5, 0.6) is 0 Å². The summed E-state index contributed by atoms with van der Waals surface area (Å²) in [5, 5.41) is 3.31. The normalized spacial score (nSPS) is 11.1. The highest BCUT2D eigenvalue weighted by Crippen LogP contribution is 2.10. The number of carbonyl (C=O) groups is 1. The fourth-order valence-corrected chi connectivity index (χ4v) is 2.30. The van der Waals surface area contributed by atoms with Crippen LogP contribution >= 0.6 is 0 Å². The van der Waals surface area contributed by atoms with Crippen LogP contribution in [0, 0.1) is 0 Å². The number of nitrogens with zero attached hydrogens (tertiary/aromatic N) is 2. The van der Waals surface area contributed by atoms with Crippen LogP contribution in [0.3, 0.4) is 0 Å². The zero-order valence-electron chi connectivity index (χ0n) is 12.9. The number of benzene rings is 1. The number of fused-ring (bicyclic) bond motifs is 1. The second kappa shape index (κ2) is 6.08. The molecule has 0 unspecified atom stereocenters. The van der Waals surface area contributed by atoms with Crippen molar-refractivity contribution in [2.75, 3.05) is 0 Å². The van der Waals surface area contributed by atoms with Crippen molar-refractivity contribution >= 4 is 16.8 Å². The van der Waals surface area contributed by atoms with Gasteiger partial charge in [0, 0.05) is 6.04 Å². The Kier molecular flexibility index (Phi) is 3.97. The van der Waals surface area contributed by atoms with Crippen LogP contribution in [0.2, 0.25) is 0 Å². The number of nitrogens with one attached hydrogen (secondary N) is 1. The average molecular weight is 311 g/mol. The molecule has 6 nitrogen and oxygen atoms in total. The van der Waals surface area contributed by atoms with Crippen molar-refractivity contribution in [3.8, 4) is 0 Å². The minimum absolute atomic E-state index is 0.0309. The van der Waals surface area contributed by atoms with E-state index >= 15 is 0 Å². The summed E-state index contributed by atoms with van der Waals surface area (Å²) in [7, 11) is 0. The zero-order chi connectivity index (χ0) is 16.4. The van der Waals surface area contributed by atoms with Gasteiger partial charge < -0.3 is 9.73 Å². The summed E-state index contributed by atoms with van der Waals surface area (Å²) in [5.74, 6) is 0.490. The first-order chi connectivity index (χ1) is 11.0. The molecular weight excluding hydrogens is 294 g/mol. The first-order valence-corrected chi connectivity index (χ1v) is 7.38. The van der Waals surface area contributed by atoms with Gasteiger partial charge >= 0.3 is 0 Å². The van der Waals surface area contributed by atoms with Gasteiger partial charge in [-0.1, -0.05) is 12.1 Å². The van der Waals surface area contributed by atoms with E-state index in [9.17, 15) is 9.59 Å². The van der Waals surface area contributed by atoms with Crippen molar-refractivity contribution < 1.29 is 9.21 Å². The highest BCUT2D eigenvalue weighted by atomic mass is 16.4. The first-order valence-electron chi connectivity index (χ1n) is 7.38. The standard InChI is InChI=1S/C17H17N3O3/c1-11(2)19-16(21)15-8-7-12(23-15)9-20-10-18-14-6-4-3-5-13(14)17(20)22/h3-8,10-11H,9H2,1-2H3,(H,19,21). The number of amides is 1. The van der Waals surface area contributed by atoms with Crippen molar-refractivity contribution in [1.82, 2.24) is 14.9 Å².